The predicted molar refractivity (Wildman–Crippen MR) is 298 cm³/mol. The van der Waals surface area contributed by atoms with Crippen molar-refractivity contribution in [2.24, 2.45) is 0 Å². The minimum absolute atomic E-state index is 0.0642. The van der Waals surface area contributed by atoms with Gasteiger partial charge in [-0.05, 0) is 141 Å². The van der Waals surface area contributed by atoms with E-state index in [-0.39, 0.29) is 32.0 Å². The van der Waals surface area contributed by atoms with Gasteiger partial charge in [-0.3, -0.25) is 19.2 Å². The van der Waals surface area contributed by atoms with Crippen LogP contribution in [0.3, 0.4) is 0 Å². The van der Waals surface area contributed by atoms with Crippen molar-refractivity contribution in [3.63, 3.8) is 0 Å². The number of imide groups is 2. The molecule has 2 aliphatic carbocycles. The molecule has 10 aromatic rings. The van der Waals surface area contributed by atoms with Crippen molar-refractivity contribution in [2.45, 2.75) is 34.5 Å². The molecule has 0 aromatic heterocycles. The summed E-state index contributed by atoms with van der Waals surface area (Å²) in [5, 5.41) is 0. The molecule has 0 radical (unpaired) electrons. The third kappa shape index (κ3) is 6.35. The monoisotopic (exact) mass is 1020 g/mol. The van der Waals surface area contributed by atoms with Crippen molar-refractivity contribution in [1.29, 1.82) is 0 Å². The molecule has 9 heteroatoms. The lowest BCUT2D eigenvalue weighted by Crippen LogP contribution is -2.30. The minimum Gasteiger partial charge on any atom is -0.268 e. The van der Waals surface area contributed by atoms with Crippen molar-refractivity contribution in [3.05, 3.63) is 308 Å². The minimum atomic E-state index is -4.39. The quantitative estimate of drug-likeness (QED) is 0.140. The zero-order valence-corrected chi connectivity index (χ0v) is 42.5. The molecule has 0 unspecified atom stereocenters. The van der Waals surface area contributed by atoms with Gasteiger partial charge in [-0.2, -0.15) is 0 Å². The summed E-state index contributed by atoms with van der Waals surface area (Å²) >= 11 is 0. The number of hydrogen-bond donors (Lipinski definition) is 0. The molecule has 8 nitrogen and oxygen atoms in total. The Balaban J connectivity index is 0.759. The molecule has 2 aliphatic heterocycles. The molecule has 0 spiro atoms. The highest BCUT2D eigenvalue weighted by Gasteiger charge is 2.48. The fourth-order valence-corrected chi connectivity index (χ4v) is 14.1. The van der Waals surface area contributed by atoms with Crippen LogP contribution in [0.4, 0.5) is 11.4 Å². The molecule has 77 heavy (non-hydrogen) atoms. The zero-order chi connectivity index (χ0) is 52.5. The molecule has 368 valence electrons. The van der Waals surface area contributed by atoms with Crippen molar-refractivity contribution in [3.8, 4) is 22.3 Å². The van der Waals surface area contributed by atoms with E-state index in [0.29, 0.717) is 11.4 Å². The molecule has 0 saturated carbocycles. The van der Waals surface area contributed by atoms with Crippen LogP contribution in [-0.4, -0.2) is 32.0 Å². The van der Waals surface area contributed by atoms with Gasteiger partial charge in [0, 0.05) is 0 Å². The van der Waals surface area contributed by atoms with E-state index in [1.807, 2.05) is 72.8 Å². The summed E-state index contributed by atoms with van der Waals surface area (Å²) in [5.41, 5.74) is 14.7. The summed E-state index contributed by atoms with van der Waals surface area (Å²) < 4.78 is 29.0. The van der Waals surface area contributed by atoms with Crippen LogP contribution in [0.25, 0.3) is 22.3 Å². The Labute approximate surface area is 445 Å². The van der Waals surface area contributed by atoms with E-state index in [9.17, 15) is 27.6 Å². The average Bonchev–Trinajstić information content (AvgIpc) is 4.22. The maximum Gasteiger partial charge on any atom is 0.266 e. The fraction of sp³-hybridized carbons (Fsp3) is 0.0588. The van der Waals surface area contributed by atoms with Crippen LogP contribution in [-0.2, 0) is 20.7 Å². The maximum atomic E-state index is 14.5. The van der Waals surface area contributed by atoms with Crippen LogP contribution >= 0.6 is 0 Å². The molecular weight excluding hydrogens is 973 g/mol. The lowest BCUT2D eigenvalue weighted by Gasteiger charge is -2.34. The standard InChI is InChI=1S/C68H44N2O6S/c1-41-19-23-43(24-20-41)67(59-15-7-3-11-51(59)52-12-4-8-16-60(52)67)45-27-31-47(32-28-45)69-63(71)55-37-35-49(39-57(55)65(69)73)77(75,76)50-36-38-56-58(40-50)66(74)70(64(56)72)48-33-29-46(30-34-48)68(44-25-21-42(2)22-26-44)61-17-9-5-13-53(61)54-14-6-10-18-62(54)68/h3-40H,1-2H3. The van der Waals surface area contributed by atoms with Gasteiger partial charge in [0.2, 0.25) is 9.84 Å². The van der Waals surface area contributed by atoms with Gasteiger partial charge in [-0.25, -0.2) is 18.2 Å². The Morgan fingerprint density at radius 2 is 0.571 bits per heavy atom. The van der Waals surface area contributed by atoms with Gasteiger partial charge >= 0.3 is 0 Å². The number of fused-ring (bicyclic) bond motifs is 8. The first-order valence-corrected chi connectivity index (χ1v) is 27.0. The number of aryl methyl sites for hydroxylation is 2. The van der Waals surface area contributed by atoms with Gasteiger partial charge in [-0.1, -0.05) is 181 Å². The molecule has 0 bridgehead atoms. The molecular formula is C68H44N2O6S. The van der Waals surface area contributed by atoms with E-state index < -0.39 is 44.3 Å². The van der Waals surface area contributed by atoms with E-state index >= 15 is 0 Å². The lowest BCUT2D eigenvalue weighted by molar-refractivity contribution is 0.0910. The van der Waals surface area contributed by atoms with Crippen molar-refractivity contribution < 1.29 is 27.6 Å². The van der Waals surface area contributed by atoms with Gasteiger partial charge in [0.05, 0.1) is 54.2 Å². The summed E-state index contributed by atoms with van der Waals surface area (Å²) in [6.45, 7) is 4.12. The van der Waals surface area contributed by atoms with E-state index in [0.717, 1.165) is 87.7 Å². The van der Waals surface area contributed by atoms with Gasteiger partial charge in [0.15, 0.2) is 0 Å². The van der Waals surface area contributed by atoms with Crippen LogP contribution in [0.2, 0.25) is 0 Å². The smallest absolute Gasteiger partial charge is 0.266 e. The van der Waals surface area contributed by atoms with Crippen LogP contribution < -0.4 is 9.80 Å². The third-order valence-corrected chi connectivity index (χ3v) is 18.1. The molecule has 10 aromatic carbocycles. The van der Waals surface area contributed by atoms with Gasteiger partial charge in [0.1, 0.15) is 0 Å². The zero-order valence-electron chi connectivity index (χ0n) is 41.7. The summed E-state index contributed by atoms with van der Waals surface area (Å²) in [7, 11) is -4.39. The first kappa shape index (κ1) is 46.0. The predicted octanol–water partition coefficient (Wildman–Crippen LogP) is 13.5. The highest BCUT2D eigenvalue weighted by Crippen LogP contribution is 2.58. The second-order valence-electron chi connectivity index (χ2n) is 20.3. The second-order valence-corrected chi connectivity index (χ2v) is 22.3. The number of carbonyl (C=O) groups excluding carboxylic acids is 4. The number of amides is 4. The van der Waals surface area contributed by atoms with E-state index in [4.69, 9.17) is 0 Å². The maximum absolute atomic E-state index is 14.5. The summed E-state index contributed by atoms with van der Waals surface area (Å²) in [6.07, 6.45) is 0. The van der Waals surface area contributed by atoms with Crippen LogP contribution in [0.1, 0.15) is 97.1 Å². The van der Waals surface area contributed by atoms with E-state index in [2.05, 4.69) is 111 Å². The Hall–Kier alpha value is -9.57. The number of hydrogen-bond acceptors (Lipinski definition) is 6. The van der Waals surface area contributed by atoms with Gasteiger partial charge in [-0.15, -0.1) is 0 Å². The number of anilines is 2. The Morgan fingerprint density at radius 3 is 0.883 bits per heavy atom. The summed E-state index contributed by atoms with van der Waals surface area (Å²) in [6, 6.07) is 73.3. The first-order valence-electron chi connectivity index (χ1n) is 25.5. The first-order chi connectivity index (χ1) is 37.4. The third-order valence-electron chi connectivity index (χ3n) is 16.3. The molecule has 4 aliphatic rings. The number of rotatable bonds is 8. The Kier molecular flexibility index (Phi) is 9.99. The highest BCUT2D eigenvalue weighted by molar-refractivity contribution is 7.91. The Morgan fingerprint density at radius 1 is 0.299 bits per heavy atom. The lowest BCUT2D eigenvalue weighted by atomic mass is 9.67. The fourth-order valence-electron chi connectivity index (χ4n) is 12.8. The number of sulfone groups is 1. The molecule has 4 amide bonds. The van der Waals surface area contributed by atoms with Gasteiger partial charge in [0.25, 0.3) is 23.6 Å². The van der Waals surface area contributed by atoms with Crippen LogP contribution in [0.15, 0.2) is 240 Å². The normalized spacial score (nSPS) is 15.2. The largest absolute Gasteiger partial charge is 0.268 e. The molecule has 2 heterocycles. The SMILES string of the molecule is Cc1ccc(C2(c3ccc(N4C(=O)c5ccc(S(=O)(=O)c6ccc7c(c6)C(=O)N(c6ccc(C8(c9ccc(C)cc9)c9ccccc9-c9ccccc98)cc6)C7=O)cc5C4=O)cc3)c3ccccc3-c3ccccc32)cc1. The molecule has 0 saturated heterocycles. The molecule has 0 N–H and O–H groups in total. The molecule has 14 rings (SSSR count). The molecule has 0 fully saturated rings. The second kappa shape index (κ2) is 16.7. The van der Waals surface area contributed by atoms with E-state index in [1.54, 1.807) is 24.3 Å². The summed E-state index contributed by atoms with van der Waals surface area (Å²) in [5.74, 6) is -2.49. The van der Waals surface area contributed by atoms with Crippen LogP contribution in [0.5, 0.6) is 0 Å². The highest BCUT2D eigenvalue weighted by atomic mass is 32.2. The van der Waals surface area contributed by atoms with Crippen molar-refractivity contribution in [1.82, 2.24) is 0 Å². The van der Waals surface area contributed by atoms with Crippen LogP contribution in [0, 0.1) is 13.8 Å². The number of benzene rings is 10. The topological polar surface area (TPSA) is 109 Å². The average molecular weight is 1020 g/mol. The van der Waals surface area contributed by atoms with Crippen molar-refractivity contribution in [2.75, 3.05) is 9.80 Å². The number of nitrogens with zero attached hydrogens (tertiary/aromatic N) is 2. The summed E-state index contributed by atoms with van der Waals surface area (Å²) in [4.78, 5) is 58.6. The Bertz CT molecular complexity index is 3970. The molecule has 0 atom stereocenters. The van der Waals surface area contributed by atoms with E-state index in [1.165, 1.54) is 36.4 Å². The van der Waals surface area contributed by atoms with Gasteiger partial charge < -0.3 is 0 Å². The number of carbonyl (C=O) groups is 4. The van der Waals surface area contributed by atoms with Crippen molar-refractivity contribution >= 4 is 44.8 Å².